The first-order valence-electron chi connectivity index (χ1n) is 6.14. The van der Waals surface area contributed by atoms with Crippen molar-refractivity contribution in [1.82, 2.24) is 4.98 Å². The number of hydrogen-bond acceptors (Lipinski definition) is 5. The molecular formula is C14H17N3OS. The Hall–Kier alpha value is -1.88. The standard InChI is InChI=1S/C14H17N3OS/c1-4-18-13-7-5-12(6-8-13)11(3)16-17-14-15-10(2)9-19-14/h5-9H,4H2,1-3H3,(H,15,17)/b16-11+. The van der Waals surface area contributed by atoms with Gasteiger partial charge in [0.05, 0.1) is 18.0 Å². The molecule has 0 amide bonds. The summed E-state index contributed by atoms with van der Waals surface area (Å²) in [5.74, 6) is 0.877. The Morgan fingerprint density at radius 2 is 2.11 bits per heavy atom. The van der Waals surface area contributed by atoms with E-state index in [0.717, 1.165) is 27.9 Å². The number of benzene rings is 1. The zero-order valence-corrected chi connectivity index (χ0v) is 12.1. The number of anilines is 1. The summed E-state index contributed by atoms with van der Waals surface area (Å²) in [4.78, 5) is 4.30. The molecule has 4 nitrogen and oxygen atoms in total. The third-order valence-corrected chi connectivity index (χ3v) is 3.39. The van der Waals surface area contributed by atoms with Gasteiger partial charge in [-0.25, -0.2) is 4.98 Å². The van der Waals surface area contributed by atoms with Crippen LogP contribution in [-0.2, 0) is 0 Å². The monoisotopic (exact) mass is 275 g/mol. The molecule has 1 N–H and O–H groups in total. The summed E-state index contributed by atoms with van der Waals surface area (Å²) in [5.41, 5.74) is 5.94. The number of hydrogen-bond donors (Lipinski definition) is 1. The van der Waals surface area contributed by atoms with Gasteiger partial charge in [-0.15, -0.1) is 11.3 Å². The average molecular weight is 275 g/mol. The molecule has 0 aliphatic heterocycles. The molecule has 0 aliphatic carbocycles. The minimum atomic E-state index is 0.678. The highest BCUT2D eigenvalue weighted by Crippen LogP contribution is 2.15. The Labute approximate surface area is 117 Å². The van der Waals surface area contributed by atoms with Crippen molar-refractivity contribution in [1.29, 1.82) is 0 Å². The molecule has 2 aromatic rings. The summed E-state index contributed by atoms with van der Waals surface area (Å²) < 4.78 is 5.41. The second-order valence-corrected chi connectivity index (χ2v) is 4.92. The second kappa shape index (κ2) is 6.33. The van der Waals surface area contributed by atoms with Crippen LogP contribution in [0, 0.1) is 6.92 Å². The van der Waals surface area contributed by atoms with Gasteiger partial charge in [-0.3, -0.25) is 5.43 Å². The maximum Gasteiger partial charge on any atom is 0.203 e. The largest absolute Gasteiger partial charge is 0.494 e. The molecule has 0 saturated carbocycles. The molecule has 1 aromatic carbocycles. The molecule has 1 aromatic heterocycles. The van der Waals surface area contributed by atoms with Crippen LogP contribution in [0.15, 0.2) is 34.7 Å². The number of ether oxygens (including phenoxy) is 1. The molecule has 0 atom stereocenters. The normalized spacial score (nSPS) is 11.4. The predicted molar refractivity (Wildman–Crippen MR) is 80.3 cm³/mol. The summed E-state index contributed by atoms with van der Waals surface area (Å²) in [6.45, 7) is 6.58. The van der Waals surface area contributed by atoms with Gasteiger partial charge in [0.1, 0.15) is 5.75 Å². The lowest BCUT2D eigenvalue weighted by molar-refractivity contribution is 0.340. The van der Waals surface area contributed by atoms with Crippen LogP contribution in [-0.4, -0.2) is 17.3 Å². The summed E-state index contributed by atoms with van der Waals surface area (Å²) >= 11 is 1.55. The van der Waals surface area contributed by atoms with Gasteiger partial charge in [0.25, 0.3) is 0 Å². The lowest BCUT2D eigenvalue weighted by Gasteiger charge is -2.05. The first-order valence-corrected chi connectivity index (χ1v) is 7.02. The molecule has 19 heavy (non-hydrogen) atoms. The van der Waals surface area contributed by atoms with E-state index in [9.17, 15) is 0 Å². The van der Waals surface area contributed by atoms with Crippen LogP contribution in [0.3, 0.4) is 0 Å². The number of aryl methyl sites for hydroxylation is 1. The van der Waals surface area contributed by atoms with E-state index in [2.05, 4.69) is 15.5 Å². The number of thiazole rings is 1. The van der Waals surface area contributed by atoms with Crippen LogP contribution in [0.4, 0.5) is 5.13 Å². The Morgan fingerprint density at radius 1 is 1.37 bits per heavy atom. The van der Waals surface area contributed by atoms with Crippen molar-refractivity contribution in [3.63, 3.8) is 0 Å². The van der Waals surface area contributed by atoms with Crippen molar-refractivity contribution in [2.45, 2.75) is 20.8 Å². The van der Waals surface area contributed by atoms with E-state index >= 15 is 0 Å². The fourth-order valence-electron chi connectivity index (χ4n) is 1.56. The molecule has 0 saturated heterocycles. The van der Waals surface area contributed by atoms with Gasteiger partial charge in [0.15, 0.2) is 0 Å². The molecule has 0 aliphatic rings. The van der Waals surface area contributed by atoms with E-state index in [-0.39, 0.29) is 0 Å². The number of hydrazone groups is 1. The van der Waals surface area contributed by atoms with Crippen LogP contribution in [0.5, 0.6) is 5.75 Å². The van der Waals surface area contributed by atoms with Crippen molar-refractivity contribution in [2.24, 2.45) is 5.10 Å². The zero-order chi connectivity index (χ0) is 13.7. The fraction of sp³-hybridized carbons (Fsp3) is 0.286. The van der Waals surface area contributed by atoms with Crippen molar-refractivity contribution in [3.05, 3.63) is 40.9 Å². The maximum atomic E-state index is 5.41. The first-order chi connectivity index (χ1) is 9.19. The highest BCUT2D eigenvalue weighted by atomic mass is 32.1. The molecule has 0 radical (unpaired) electrons. The predicted octanol–water partition coefficient (Wildman–Crippen LogP) is 3.69. The van der Waals surface area contributed by atoms with Crippen LogP contribution in [0.1, 0.15) is 25.1 Å². The molecule has 2 rings (SSSR count). The molecule has 100 valence electrons. The van der Waals surface area contributed by atoms with E-state index in [4.69, 9.17) is 4.74 Å². The van der Waals surface area contributed by atoms with E-state index in [0.29, 0.717) is 6.61 Å². The van der Waals surface area contributed by atoms with Gasteiger partial charge in [-0.05, 0) is 50.6 Å². The van der Waals surface area contributed by atoms with E-state index in [1.807, 2.05) is 50.4 Å². The van der Waals surface area contributed by atoms with Crippen molar-refractivity contribution in [2.75, 3.05) is 12.0 Å². The summed E-state index contributed by atoms with van der Waals surface area (Å²) in [6, 6.07) is 7.90. The molecule has 0 spiro atoms. The number of nitrogens with zero attached hydrogens (tertiary/aromatic N) is 2. The Kier molecular flexibility index (Phi) is 4.52. The minimum absolute atomic E-state index is 0.678. The fourth-order valence-corrected chi connectivity index (χ4v) is 2.19. The lowest BCUT2D eigenvalue weighted by Crippen LogP contribution is -2.00. The highest BCUT2D eigenvalue weighted by Gasteiger charge is 2.00. The smallest absolute Gasteiger partial charge is 0.203 e. The van der Waals surface area contributed by atoms with Crippen LogP contribution in [0.25, 0.3) is 0 Å². The summed E-state index contributed by atoms with van der Waals surface area (Å²) in [7, 11) is 0. The van der Waals surface area contributed by atoms with Crippen molar-refractivity contribution < 1.29 is 4.74 Å². The van der Waals surface area contributed by atoms with Gasteiger partial charge >= 0.3 is 0 Å². The van der Waals surface area contributed by atoms with E-state index in [1.165, 1.54) is 0 Å². The average Bonchev–Trinajstić information content (AvgIpc) is 2.83. The topological polar surface area (TPSA) is 46.5 Å². The summed E-state index contributed by atoms with van der Waals surface area (Å²) in [6.07, 6.45) is 0. The quantitative estimate of drug-likeness (QED) is 0.668. The molecule has 0 fully saturated rings. The van der Waals surface area contributed by atoms with Gasteiger partial charge in [-0.2, -0.15) is 5.10 Å². The Bertz CT molecular complexity index is 560. The van der Waals surface area contributed by atoms with E-state index in [1.54, 1.807) is 11.3 Å². The molecular weight excluding hydrogens is 258 g/mol. The van der Waals surface area contributed by atoms with Gasteiger partial charge in [-0.1, -0.05) is 0 Å². The Balaban J connectivity index is 2.03. The summed E-state index contributed by atoms with van der Waals surface area (Å²) in [5, 5.41) is 7.13. The SMILES string of the molecule is CCOc1ccc(/C(C)=N/Nc2nc(C)cs2)cc1. The van der Waals surface area contributed by atoms with Crippen LogP contribution < -0.4 is 10.2 Å². The van der Waals surface area contributed by atoms with Crippen molar-refractivity contribution >= 4 is 22.2 Å². The second-order valence-electron chi connectivity index (χ2n) is 4.06. The maximum absolute atomic E-state index is 5.41. The van der Waals surface area contributed by atoms with Gasteiger partial charge < -0.3 is 4.74 Å². The highest BCUT2D eigenvalue weighted by molar-refractivity contribution is 7.13. The van der Waals surface area contributed by atoms with Crippen LogP contribution >= 0.6 is 11.3 Å². The van der Waals surface area contributed by atoms with Gasteiger partial charge in [0.2, 0.25) is 5.13 Å². The first kappa shape index (κ1) is 13.5. The lowest BCUT2D eigenvalue weighted by atomic mass is 10.1. The van der Waals surface area contributed by atoms with Gasteiger partial charge in [0, 0.05) is 5.38 Å². The Morgan fingerprint density at radius 3 is 2.68 bits per heavy atom. The molecule has 1 heterocycles. The molecule has 5 heteroatoms. The number of aromatic nitrogens is 1. The molecule has 0 bridgehead atoms. The van der Waals surface area contributed by atoms with E-state index < -0.39 is 0 Å². The third kappa shape index (κ3) is 3.79. The third-order valence-electron chi connectivity index (χ3n) is 2.52. The number of rotatable bonds is 5. The minimum Gasteiger partial charge on any atom is -0.494 e. The molecule has 0 unspecified atom stereocenters. The van der Waals surface area contributed by atoms with Crippen LogP contribution in [0.2, 0.25) is 0 Å². The number of nitrogens with one attached hydrogen (secondary N) is 1. The zero-order valence-electron chi connectivity index (χ0n) is 11.3. The van der Waals surface area contributed by atoms with Crippen molar-refractivity contribution in [3.8, 4) is 5.75 Å².